The highest BCUT2D eigenvalue weighted by atomic mass is 32.2. The monoisotopic (exact) mass is 158 g/mol. The molecule has 0 spiro atoms. The van der Waals surface area contributed by atoms with Crippen molar-refractivity contribution in [1.82, 2.24) is 0 Å². The van der Waals surface area contributed by atoms with Crippen LogP contribution in [0.2, 0.25) is 0 Å². The molecule has 0 amide bonds. The molecule has 0 aliphatic carbocycles. The summed E-state index contributed by atoms with van der Waals surface area (Å²) in [7, 11) is 0. The smallest absolute Gasteiger partial charge is 0.0276 e. The molecule has 0 radical (unpaired) electrons. The SMILES string of the molecule is CSCc1ccc(C)s1. The predicted molar refractivity (Wildman–Crippen MR) is 46.3 cm³/mol. The Kier molecular flexibility index (Phi) is 2.61. The lowest BCUT2D eigenvalue weighted by Crippen LogP contribution is -1.65. The molecule has 0 aromatic carbocycles. The minimum absolute atomic E-state index is 1.17. The molecule has 1 rings (SSSR count). The van der Waals surface area contributed by atoms with Crippen LogP contribution in [0.4, 0.5) is 0 Å². The van der Waals surface area contributed by atoms with Crippen molar-refractivity contribution in [1.29, 1.82) is 0 Å². The van der Waals surface area contributed by atoms with E-state index < -0.39 is 0 Å². The van der Waals surface area contributed by atoms with Gasteiger partial charge in [-0.3, -0.25) is 0 Å². The summed E-state index contributed by atoms with van der Waals surface area (Å²) in [5, 5.41) is 0. The third-order valence-electron chi connectivity index (χ3n) is 1.08. The molecule has 2 heteroatoms. The van der Waals surface area contributed by atoms with E-state index in [4.69, 9.17) is 0 Å². The molecular weight excluding hydrogens is 148 g/mol. The summed E-state index contributed by atoms with van der Waals surface area (Å²) in [6.45, 7) is 2.15. The van der Waals surface area contributed by atoms with Crippen molar-refractivity contribution in [3.63, 3.8) is 0 Å². The van der Waals surface area contributed by atoms with Gasteiger partial charge < -0.3 is 0 Å². The van der Waals surface area contributed by atoms with Crippen LogP contribution in [0, 0.1) is 6.92 Å². The van der Waals surface area contributed by atoms with Crippen molar-refractivity contribution < 1.29 is 0 Å². The number of hydrogen-bond acceptors (Lipinski definition) is 2. The molecule has 0 bridgehead atoms. The minimum Gasteiger partial charge on any atom is -0.160 e. The van der Waals surface area contributed by atoms with E-state index in [9.17, 15) is 0 Å². The van der Waals surface area contributed by atoms with Crippen molar-refractivity contribution in [2.75, 3.05) is 6.26 Å². The molecule has 50 valence electrons. The first-order valence-corrected chi connectivity index (χ1v) is 5.08. The van der Waals surface area contributed by atoms with Crippen molar-refractivity contribution in [2.24, 2.45) is 0 Å². The van der Waals surface area contributed by atoms with Crippen LogP contribution in [0.15, 0.2) is 12.1 Å². The van der Waals surface area contributed by atoms with Crippen molar-refractivity contribution in [3.05, 3.63) is 21.9 Å². The van der Waals surface area contributed by atoms with E-state index in [1.807, 2.05) is 23.1 Å². The fourth-order valence-electron chi connectivity index (χ4n) is 0.705. The zero-order chi connectivity index (χ0) is 6.69. The maximum Gasteiger partial charge on any atom is 0.0276 e. The molecule has 0 unspecified atom stereocenters. The average molecular weight is 158 g/mol. The average Bonchev–Trinajstić information content (AvgIpc) is 2.17. The Morgan fingerprint density at radius 2 is 2.33 bits per heavy atom. The lowest BCUT2D eigenvalue weighted by Gasteiger charge is -1.87. The normalized spacial score (nSPS) is 10.0. The standard InChI is InChI=1S/C7H10S2/c1-6-3-4-7(9-6)5-8-2/h3-4H,5H2,1-2H3. The maximum absolute atomic E-state index is 2.20. The van der Waals surface area contributed by atoms with Gasteiger partial charge in [-0.1, -0.05) is 0 Å². The molecular formula is C7H10S2. The lowest BCUT2D eigenvalue weighted by molar-refractivity contribution is 1.55. The number of aryl methyl sites for hydroxylation is 1. The second-order valence-electron chi connectivity index (χ2n) is 1.95. The van der Waals surface area contributed by atoms with Gasteiger partial charge in [-0.15, -0.1) is 11.3 Å². The van der Waals surface area contributed by atoms with E-state index in [1.54, 1.807) is 0 Å². The third-order valence-corrected chi connectivity index (χ3v) is 2.87. The Balaban J connectivity index is 2.61. The number of hydrogen-bond donors (Lipinski definition) is 0. The first-order valence-electron chi connectivity index (χ1n) is 2.87. The molecule has 0 saturated heterocycles. The number of thioether (sulfide) groups is 1. The molecule has 0 N–H and O–H groups in total. The van der Waals surface area contributed by atoms with E-state index in [2.05, 4.69) is 25.3 Å². The third kappa shape index (κ3) is 2.03. The second kappa shape index (κ2) is 3.28. The maximum atomic E-state index is 2.20. The quantitative estimate of drug-likeness (QED) is 0.637. The van der Waals surface area contributed by atoms with Crippen molar-refractivity contribution >= 4 is 23.1 Å². The lowest BCUT2D eigenvalue weighted by atomic mass is 10.5. The first kappa shape index (κ1) is 7.16. The Labute approximate surface area is 64.3 Å². The zero-order valence-electron chi connectivity index (χ0n) is 5.68. The Bertz CT molecular complexity index is 179. The van der Waals surface area contributed by atoms with Gasteiger partial charge in [0.05, 0.1) is 0 Å². The van der Waals surface area contributed by atoms with Crippen LogP contribution >= 0.6 is 23.1 Å². The summed E-state index contributed by atoms with van der Waals surface area (Å²) < 4.78 is 0. The highest BCUT2D eigenvalue weighted by molar-refractivity contribution is 7.97. The summed E-state index contributed by atoms with van der Waals surface area (Å²) in [4.78, 5) is 2.90. The van der Waals surface area contributed by atoms with Crippen LogP contribution in [-0.2, 0) is 5.75 Å². The van der Waals surface area contributed by atoms with Crippen LogP contribution in [-0.4, -0.2) is 6.26 Å². The van der Waals surface area contributed by atoms with Gasteiger partial charge in [-0.2, -0.15) is 11.8 Å². The largest absolute Gasteiger partial charge is 0.160 e. The summed E-state index contributed by atoms with van der Waals surface area (Å²) in [6.07, 6.45) is 2.13. The zero-order valence-corrected chi connectivity index (χ0v) is 7.31. The second-order valence-corrected chi connectivity index (χ2v) is 4.18. The van der Waals surface area contributed by atoms with Crippen molar-refractivity contribution in [3.8, 4) is 0 Å². The molecule has 1 heterocycles. The fraction of sp³-hybridized carbons (Fsp3) is 0.429. The summed E-state index contributed by atoms with van der Waals surface area (Å²) >= 11 is 3.77. The van der Waals surface area contributed by atoms with Gasteiger partial charge in [0.1, 0.15) is 0 Å². The van der Waals surface area contributed by atoms with Crippen LogP contribution in [0.5, 0.6) is 0 Å². The van der Waals surface area contributed by atoms with E-state index in [-0.39, 0.29) is 0 Å². The van der Waals surface area contributed by atoms with Gasteiger partial charge in [0.2, 0.25) is 0 Å². The molecule has 1 aromatic rings. The Hall–Kier alpha value is 0.0500. The van der Waals surface area contributed by atoms with Gasteiger partial charge in [0, 0.05) is 15.5 Å². The molecule has 0 aliphatic rings. The molecule has 0 atom stereocenters. The Morgan fingerprint density at radius 3 is 2.78 bits per heavy atom. The Morgan fingerprint density at radius 1 is 1.56 bits per heavy atom. The molecule has 0 fully saturated rings. The predicted octanol–water partition coefficient (Wildman–Crippen LogP) is 2.92. The first-order chi connectivity index (χ1) is 4.33. The van der Waals surface area contributed by atoms with Gasteiger partial charge in [0.25, 0.3) is 0 Å². The van der Waals surface area contributed by atoms with Crippen molar-refractivity contribution in [2.45, 2.75) is 12.7 Å². The van der Waals surface area contributed by atoms with Gasteiger partial charge >= 0.3 is 0 Å². The summed E-state index contributed by atoms with van der Waals surface area (Å²) in [5.74, 6) is 1.17. The van der Waals surface area contributed by atoms with E-state index in [0.717, 1.165) is 0 Å². The van der Waals surface area contributed by atoms with Crippen LogP contribution < -0.4 is 0 Å². The number of thiophene rings is 1. The van der Waals surface area contributed by atoms with Gasteiger partial charge in [-0.05, 0) is 25.3 Å². The van der Waals surface area contributed by atoms with Crippen LogP contribution in [0.1, 0.15) is 9.75 Å². The summed E-state index contributed by atoms with van der Waals surface area (Å²) in [5.41, 5.74) is 0. The van der Waals surface area contributed by atoms with Gasteiger partial charge in [-0.25, -0.2) is 0 Å². The fourth-order valence-corrected chi connectivity index (χ4v) is 2.36. The van der Waals surface area contributed by atoms with E-state index >= 15 is 0 Å². The highest BCUT2D eigenvalue weighted by Gasteiger charge is 1.92. The molecule has 0 nitrogen and oxygen atoms in total. The molecule has 0 saturated carbocycles. The van der Waals surface area contributed by atoms with Crippen LogP contribution in [0.25, 0.3) is 0 Å². The minimum atomic E-state index is 1.17. The van der Waals surface area contributed by atoms with E-state index in [1.165, 1.54) is 15.5 Å². The van der Waals surface area contributed by atoms with Crippen LogP contribution in [0.3, 0.4) is 0 Å². The van der Waals surface area contributed by atoms with E-state index in [0.29, 0.717) is 0 Å². The van der Waals surface area contributed by atoms with Gasteiger partial charge in [0.15, 0.2) is 0 Å². The molecule has 0 aliphatic heterocycles. The summed E-state index contributed by atoms with van der Waals surface area (Å²) in [6, 6.07) is 4.38. The topological polar surface area (TPSA) is 0 Å². The molecule has 9 heavy (non-hydrogen) atoms. The highest BCUT2D eigenvalue weighted by Crippen LogP contribution is 2.18. The number of rotatable bonds is 2. The molecule has 1 aromatic heterocycles.